The van der Waals surface area contributed by atoms with Crippen molar-refractivity contribution in [3.63, 3.8) is 0 Å². The number of aryl methyl sites for hydroxylation is 1. The number of carbonyl (C=O) groups is 1. The molecule has 1 aromatic heterocycles. The van der Waals surface area contributed by atoms with E-state index in [-0.39, 0.29) is 17.6 Å². The van der Waals surface area contributed by atoms with Crippen molar-refractivity contribution in [2.45, 2.75) is 50.7 Å². The van der Waals surface area contributed by atoms with E-state index < -0.39 is 0 Å². The van der Waals surface area contributed by atoms with Gasteiger partial charge in [0.05, 0.1) is 16.9 Å². The Morgan fingerprint density at radius 2 is 2.12 bits per heavy atom. The van der Waals surface area contributed by atoms with Gasteiger partial charge in [0.1, 0.15) is 12.7 Å². The zero-order chi connectivity index (χ0) is 16.6. The molecule has 1 saturated carbocycles. The van der Waals surface area contributed by atoms with Crippen molar-refractivity contribution in [3.8, 4) is 5.69 Å². The highest BCUT2D eigenvalue weighted by molar-refractivity contribution is 5.98. The predicted molar refractivity (Wildman–Crippen MR) is 89.1 cm³/mol. The predicted octanol–water partition coefficient (Wildman–Crippen LogP) is 2.41. The molecule has 2 aromatic rings. The van der Waals surface area contributed by atoms with Crippen LogP contribution in [0.15, 0.2) is 30.9 Å². The molecule has 6 heteroatoms. The Morgan fingerprint density at radius 3 is 2.83 bits per heavy atom. The van der Waals surface area contributed by atoms with Gasteiger partial charge in [-0.2, -0.15) is 0 Å². The second-order valence-corrected chi connectivity index (χ2v) is 6.94. The fourth-order valence-electron chi connectivity index (χ4n) is 3.72. The van der Waals surface area contributed by atoms with E-state index in [1.807, 2.05) is 25.1 Å². The monoisotopic (exact) mass is 326 g/mol. The molecular weight excluding hydrogens is 304 g/mol. The second-order valence-electron chi connectivity index (χ2n) is 6.94. The van der Waals surface area contributed by atoms with Gasteiger partial charge in [0, 0.05) is 12.6 Å². The molecule has 1 atom stereocenters. The highest BCUT2D eigenvalue weighted by atomic mass is 16.5. The van der Waals surface area contributed by atoms with E-state index in [0.29, 0.717) is 5.56 Å². The number of nitrogens with zero attached hydrogens (tertiary/aromatic N) is 3. The summed E-state index contributed by atoms with van der Waals surface area (Å²) in [5.41, 5.74) is 2.54. The van der Waals surface area contributed by atoms with Crippen LogP contribution in [0, 0.1) is 6.92 Å². The molecule has 1 aliphatic heterocycles. The molecule has 126 valence electrons. The van der Waals surface area contributed by atoms with Crippen molar-refractivity contribution in [1.29, 1.82) is 0 Å². The Kier molecular flexibility index (Phi) is 3.84. The fraction of sp³-hybridized carbons (Fsp3) is 0.500. The lowest BCUT2D eigenvalue weighted by Gasteiger charge is -2.47. The Balaban J connectivity index is 1.55. The van der Waals surface area contributed by atoms with Crippen molar-refractivity contribution < 1.29 is 9.53 Å². The van der Waals surface area contributed by atoms with Crippen LogP contribution in [-0.2, 0) is 4.74 Å². The molecular formula is C18H22N4O2. The van der Waals surface area contributed by atoms with Crippen LogP contribution in [0.5, 0.6) is 0 Å². The maximum absolute atomic E-state index is 12.9. The quantitative estimate of drug-likeness (QED) is 0.940. The van der Waals surface area contributed by atoms with Crippen molar-refractivity contribution in [3.05, 3.63) is 42.0 Å². The summed E-state index contributed by atoms with van der Waals surface area (Å²) in [6.45, 7) is 2.72. The first-order chi connectivity index (χ1) is 11.7. The molecule has 1 N–H and O–H groups in total. The summed E-state index contributed by atoms with van der Waals surface area (Å²) >= 11 is 0. The van der Waals surface area contributed by atoms with Gasteiger partial charge >= 0.3 is 0 Å². The first-order valence-electron chi connectivity index (χ1n) is 8.56. The third-order valence-electron chi connectivity index (χ3n) is 5.19. The lowest BCUT2D eigenvalue weighted by atomic mass is 9.74. The summed E-state index contributed by atoms with van der Waals surface area (Å²) in [5, 5.41) is 10.9. The molecule has 24 heavy (non-hydrogen) atoms. The van der Waals surface area contributed by atoms with Crippen LogP contribution in [0.3, 0.4) is 0 Å². The van der Waals surface area contributed by atoms with Crippen molar-refractivity contribution in [1.82, 2.24) is 20.1 Å². The molecule has 1 amide bonds. The largest absolute Gasteiger partial charge is 0.375 e. The lowest BCUT2D eigenvalue weighted by Crippen LogP contribution is -2.52. The van der Waals surface area contributed by atoms with Gasteiger partial charge in [0.25, 0.3) is 5.91 Å². The average Bonchev–Trinajstić information content (AvgIpc) is 3.08. The standard InChI is InChI=1S/C18H22N4O2/c1-13-3-4-16(22-11-19-20-12-22)15(9-13)17(23)21-14-5-8-24-18(10-14)6-2-7-18/h3-4,9,11-12,14H,2,5-8,10H2,1H3,(H,21,23). The first kappa shape index (κ1) is 15.3. The minimum Gasteiger partial charge on any atom is -0.375 e. The molecule has 0 radical (unpaired) electrons. The topological polar surface area (TPSA) is 69.0 Å². The number of hydrogen-bond donors (Lipinski definition) is 1. The van der Waals surface area contributed by atoms with E-state index in [2.05, 4.69) is 15.5 Å². The van der Waals surface area contributed by atoms with E-state index in [4.69, 9.17) is 4.74 Å². The molecule has 0 bridgehead atoms. The molecule has 1 aromatic carbocycles. The van der Waals surface area contributed by atoms with Crippen molar-refractivity contribution >= 4 is 5.91 Å². The van der Waals surface area contributed by atoms with E-state index >= 15 is 0 Å². The Bertz CT molecular complexity index is 737. The molecule has 2 fully saturated rings. The SMILES string of the molecule is Cc1ccc(-n2cnnc2)c(C(=O)NC2CCOC3(CCC3)C2)c1. The number of nitrogens with one attached hydrogen (secondary N) is 1. The number of aromatic nitrogens is 3. The van der Waals surface area contributed by atoms with E-state index in [1.54, 1.807) is 17.2 Å². The summed E-state index contributed by atoms with van der Waals surface area (Å²) in [5.74, 6) is -0.0382. The maximum atomic E-state index is 12.9. The van der Waals surface area contributed by atoms with E-state index in [9.17, 15) is 4.79 Å². The Labute approximate surface area is 141 Å². The zero-order valence-electron chi connectivity index (χ0n) is 13.9. The Morgan fingerprint density at radius 1 is 1.33 bits per heavy atom. The number of benzene rings is 1. The lowest BCUT2D eigenvalue weighted by molar-refractivity contribution is -0.134. The van der Waals surface area contributed by atoms with E-state index in [1.165, 1.54) is 6.42 Å². The normalized spacial score (nSPS) is 22.1. The summed E-state index contributed by atoms with van der Waals surface area (Å²) in [7, 11) is 0. The number of carbonyl (C=O) groups excluding carboxylic acids is 1. The first-order valence-corrected chi connectivity index (χ1v) is 8.56. The number of rotatable bonds is 3. The molecule has 1 unspecified atom stereocenters. The van der Waals surface area contributed by atoms with Gasteiger partial charge < -0.3 is 10.1 Å². The third kappa shape index (κ3) is 2.82. The van der Waals surface area contributed by atoms with Crippen LogP contribution < -0.4 is 5.32 Å². The van der Waals surface area contributed by atoms with Crippen molar-refractivity contribution in [2.24, 2.45) is 0 Å². The van der Waals surface area contributed by atoms with Gasteiger partial charge in [0.2, 0.25) is 0 Å². The average molecular weight is 326 g/mol. The molecule has 6 nitrogen and oxygen atoms in total. The van der Waals surface area contributed by atoms with Gasteiger partial charge in [-0.15, -0.1) is 10.2 Å². The minimum absolute atomic E-state index is 0.0277. The van der Waals surface area contributed by atoms with Gasteiger partial charge in [-0.1, -0.05) is 11.6 Å². The van der Waals surface area contributed by atoms with E-state index in [0.717, 1.165) is 43.5 Å². The second kappa shape index (κ2) is 6.02. The highest BCUT2D eigenvalue weighted by Gasteiger charge is 2.42. The number of ether oxygens (including phenoxy) is 1. The summed E-state index contributed by atoms with van der Waals surface area (Å²) in [4.78, 5) is 12.9. The highest BCUT2D eigenvalue weighted by Crippen LogP contribution is 2.42. The van der Waals surface area contributed by atoms with Crippen molar-refractivity contribution in [2.75, 3.05) is 6.61 Å². The molecule has 2 heterocycles. The van der Waals surface area contributed by atoms with Crippen LogP contribution in [-0.4, -0.2) is 38.9 Å². The summed E-state index contributed by atoms with van der Waals surface area (Å²) in [6.07, 6.45) is 8.49. The molecule has 2 aliphatic rings. The zero-order valence-corrected chi connectivity index (χ0v) is 13.9. The molecule has 1 aliphatic carbocycles. The van der Waals surface area contributed by atoms with Crippen LogP contribution in [0.25, 0.3) is 5.69 Å². The van der Waals surface area contributed by atoms with Gasteiger partial charge in [0.15, 0.2) is 0 Å². The smallest absolute Gasteiger partial charge is 0.253 e. The molecule has 4 rings (SSSR count). The van der Waals surface area contributed by atoms with Crippen LogP contribution in [0.4, 0.5) is 0 Å². The van der Waals surface area contributed by atoms with Gasteiger partial charge in [-0.25, -0.2) is 0 Å². The fourth-order valence-corrected chi connectivity index (χ4v) is 3.72. The number of hydrogen-bond acceptors (Lipinski definition) is 4. The summed E-state index contributed by atoms with van der Waals surface area (Å²) < 4.78 is 7.72. The molecule has 1 saturated heterocycles. The minimum atomic E-state index is -0.0382. The van der Waals surface area contributed by atoms with Gasteiger partial charge in [-0.3, -0.25) is 9.36 Å². The summed E-state index contributed by atoms with van der Waals surface area (Å²) in [6, 6.07) is 6.03. The van der Waals surface area contributed by atoms with Crippen LogP contribution in [0.1, 0.15) is 48.0 Å². The maximum Gasteiger partial charge on any atom is 0.253 e. The Hall–Kier alpha value is -2.21. The van der Waals surface area contributed by atoms with Crippen LogP contribution in [0.2, 0.25) is 0 Å². The number of amides is 1. The molecule has 1 spiro atoms. The van der Waals surface area contributed by atoms with Gasteiger partial charge in [-0.05, 0) is 51.2 Å². The van der Waals surface area contributed by atoms with Crippen LogP contribution >= 0.6 is 0 Å². The third-order valence-corrected chi connectivity index (χ3v) is 5.19.